The van der Waals surface area contributed by atoms with Gasteiger partial charge in [0, 0.05) is 36.1 Å². The average molecular weight is 628 g/mol. The van der Waals surface area contributed by atoms with Crippen LogP contribution in [0.2, 0.25) is 0 Å². The lowest BCUT2D eigenvalue weighted by Crippen LogP contribution is -2.36. The number of aromatic carboxylic acids is 1. The SMILES string of the molecule is CC[C@@H]1CN(Cc2cccc(-n3ncc(C(=O)O)c3[C@@H]3C[C@H]3c3cn(C)nn3)c2)S(=O)(=O)c2cc(Br)ccc2O1. The number of benzene rings is 2. The van der Waals surface area contributed by atoms with Gasteiger partial charge in [0.15, 0.2) is 0 Å². The predicted octanol–water partition coefficient (Wildman–Crippen LogP) is 4.09. The Bertz CT molecular complexity index is 1720. The molecule has 3 heterocycles. The number of rotatable bonds is 7. The van der Waals surface area contributed by atoms with E-state index in [9.17, 15) is 18.3 Å². The number of carboxylic acids is 1. The van der Waals surface area contributed by atoms with Gasteiger partial charge in [0.1, 0.15) is 22.3 Å². The normalized spacial score (nSPS) is 21.8. The van der Waals surface area contributed by atoms with Crippen molar-refractivity contribution in [3.63, 3.8) is 0 Å². The van der Waals surface area contributed by atoms with Crippen molar-refractivity contribution in [3.8, 4) is 11.4 Å². The van der Waals surface area contributed by atoms with Crippen LogP contribution < -0.4 is 4.74 Å². The van der Waals surface area contributed by atoms with Crippen LogP contribution >= 0.6 is 15.9 Å². The summed E-state index contributed by atoms with van der Waals surface area (Å²) in [6.45, 7) is 2.29. The van der Waals surface area contributed by atoms with Gasteiger partial charge >= 0.3 is 5.97 Å². The second-order valence-electron chi connectivity index (χ2n) is 10.1. The number of nitrogens with zero attached hydrogens (tertiary/aromatic N) is 6. The summed E-state index contributed by atoms with van der Waals surface area (Å²) < 4.78 is 38.9. The number of sulfonamides is 1. The van der Waals surface area contributed by atoms with Crippen molar-refractivity contribution in [2.75, 3.05) is 6.54 Å². The largest absolute Gasteiger partial charge is 0.488 e. The van der Waals surface area contributed by atoms with Gasteiger partial charge in [-0.1, -0.05) is 40.2 Å². The average Bonchev–Trinajstić information content (AvgIpc) is 3.40. The first-order valence-electron chi connectivity index (χ1n) is 12.9. The molecule has 1 N–H and O–H groups in total. The summed E-state index contributed by atoms with van der Waals surface area (Å²) in [6, 6.07) is 12.4. The number of fused-ring (bicyclic) bond motifs is 1. The van der Waals surface area contributed by atoms with Gasteiger partial charge in [0.2, 0.25) is 10.0 Å². The Balaban J connectivity index is 1.34. The highest BCUT2D eigenvalue weighted by Crippen LogP contribution is 2.55. The fourth-order valence-electron chi connectivity index (χ4n) is 5.26. The Labute approximate surface area is 239 Å². The van der Waals surface area contributed by atoms with Gasteiger partial charge in [0.25, 0.3) is 0 Å². The van der Waals surface area contributed by atoms with Gasteiger partial charge in [-0.15, -0.1) is 5.10 Å². The predicted molar refractivity (Wildman–Crippen MR) is 148 cm³/mol. The number of aryl methyl sites for hydroxylation is 1. The van der Waals surface area contributed by atoms with Crippen LogP contribution in [0, 0.1) is 0 Å². The van der Waals surface area contributed by atoms with Gasteiger partial charge < -0.3 is 9.84 Å². The monoisotopic (exact) mass is 626 g/mol. The van der Waals surface area contributed by atoms with E-state index in [4.69, 9.17) is 4.74 Å². The van der Waals surface area contributed by atoms with Gasteiger partial charge in [-0.2, -0.15) is 9.40 Å². The number of ether oxygens (including phenoxy) is 1. The molecule has 0 unspecified atom stereocenters. The first-order valence-corrected chi connectivity index (χ1v) is 15.1. The van der Waals surface area contributed by atoms with Crippen molar-refractivity contribution in [2.45, 2.75) is 49.1 Å². The van der Waals surface area contributed by atoms with E-state index in [1.807, 2.05) is 37.4 Å². The van der Waals surface area contributed by atoms with E-state index in [-0.39, 0.29) is 41.5 Å². The zero-order chi connectivity index (χ0) is 28.2. The molecule has 0 amide bonds. The third kappa shape index (κ3) is 4.82. The fourth-order valence-corrected chi connectivity index (χ4v) is 7.38. The van der Waals surface area contributed by atoms with Crippen LogP contribution in [0.1, 0.15) is 58.9 Å². The highest BCUT2D eigenvalue weighted by atomic mass is 79.9. The zero-order valence-corrected chi connectivity index (χ0v) is 24.2. The van der Waals surface area contributed by atoms with Gasteiger partial charge in [-0.05, 0) is 48.7 Å². The Hall–Kier alpha value is -3.55. The zero-order valence-electron chi connectivity index (χ0n) is 21.8. The minimum atomic E-state index is -3.85. The number of carbonyl (C=O) groups is 1. The van der Waals surface area contributed by atoms with Crippen molar-refractivity contribution in [1.82, 2.24) is 29.1 Å². The lowest BCUT2D eigenvalue weighted by atomic mass is 10.1. The number of aromatic nitrogens is 5. The van der Waals surface area contributed by atoms with Gasteiger partial charge in [0.05, 0.1) is 29.8 Å². The van der Waals surface area contributed by atoms with E-state index >= 15 is 0 Å². The van der Waals surface area contributed by atoms with E-state index in [0.29, 0.717) is 28.0 Å². The third-order valence-corrected chi connectivity index (χ3v) is 9.70. The molecule has 2 aromatic heterocycles. The molecule has 0 bridgehead atoms. The molecule has 6 rings (SSSR count). The van der Waals surface area contributed by atoms with Crippen molar-refractivity contribution in [1.29, 1.82) is 0 Å². The molecule has 4 aromatic rings. The Morgan fingerprint density at radius 1 is 1.20 bits per heavy atom. The summed E-state index contributed by atoms with van der Waals surface area (Å²) in [5.41, 5.74) is 2.96. The quantitative estimate of drug-likeness (QED) is 0.324. The lowest BCUT2D eigenvalue weighted by Gasteiger charge is -2.22. The van der Waals surface area contributed by atoms with Crippen molar-refractivity contribution < 1.29 is 23.1 Å². The summed E-state index contributed by atoms with van der Waals surface area (Å²) >= 11 is 3.38. The molecule has 0 radical (unpaired) electrons. The third-order valence-electron chi connectivity index (χ3n) is 7.37. The first-order chi connectivity index (χ1) is 19.2. The van der Waals surface area contributed by atoms with Crippen LogP contribution in [0.5, 0.6) is 5.75 Å². The second-order valence-corrected chi connectivity index (χ2v) is 13.0. The minimum Gasteiger partial charge on any atom is -0.488 e. The summed E-state index contributed by atoms with van der Waals surface area (Å²) in [5, 5.41) is 22.5. The van der Waals surface area contributed by atoms with Crippen LogP contribution in [0.15, 0.2) is 64.2 Å². The van der Waals surface area contributed by atoms with Crippen LogP contribution in [0.3, 0.4) is 0 Å². The van der Waals surface area contributed by atoms with E-state index < -0.39 is 16.0 Å². The fraction of sp³-hybridized carbons (Fsp3) is 0.333. The number of hydrogen-bond donors (Lipinski definition) is 1. The molecule has 1 fully saturated rings. The van der Waals surface area contributed by atoms with Crippen LogP contribution in [-0.4, -0.2) is 61.2 Å². The molecule has 3 atom stereocenters. The van der Waals surface area contributed by atoms with Crippen molar-refractivity contribution >= 4 is 31.9 Å². The number of halogens is 1. The minimum absolute atomic E-state index is 0.0537. The summed E-state index contributed by atoms with van der Waals surface area (Å²) in [7, 11) is -2.06. The Kier molecular flexibility index (Phi) is 6.75. The number of hydrogen-bond acceptors (Lipinski definition) is 7. The molecule has 13 heteroatoms. The maximum Gasteiger partial charge on any atom is 0.339 e. The molecule has 1 saturated carbocycles. The molecule has 1 aliphatic heterocycles. The van der Waals surface area contributed by atoms with E-state index in [0.717, 1.165) is 17.7 Å². The summed E-state index contributed by atoms with van der Waals surface area (Å²) in [6.07, 6.45) is 4.30. The van der Waals surface area contributed by atoms with Gasteiger partial charge in [-0.25, -0.2) is 17.9 Å². The molecular formula is C27H27BrN6O5S. The first kappa shape index (κ1) is 26.7. The summed E-state index contributed by atoms with van der Waals surface area (Å²) in [4.78, 5) is 12.2. The van der Waals surface area contributed by atoms with E-state index in [1.165, 1.54) is 10.5 Å². The van der Waals surface area contributed by atoms with Crippen LogP contribution in [0.25, 0.3) is 5.69 Å². The molecule has 11 nitrogen and oxygen atoms in total. The second kappa shape index (κ2) is 10.1. The Morgan fingerprint density at radius 3 is 2.75 bits per heavy atom. The lowest BCUT2D eigenvalue weighted by molar-refractivity contribution is 0.0695. The Morgan fingerprint density at radius 2 is 2.02 bits per heavy atom. The van der Waals surface area contributed by atoms with Gasteiger partial charge in [-0.3, -0.25) is 4.68 Å². The highest BCUT2D eigenvalue weighted by Gasteiger charge is 2.46. The number of carboxylic acid groups (broad SMARTS) is 1. The van der Waals surface area contributed by atoms with E-state index in [2.05, 4.69) is 31.3 Å². The molecule has 1 aliphatic carbocycles. The maximum absolute atomic E-state index is 13.7. The van der Waals surface area contributed by atoms with Crippen molar-refractivity contribution in [2.24, 2.45) is 7.05 Å². The topological polar surface area (TPSA) is 132 Å². The molecule has 2 aromatic carbocycles. The van der Waals surface area contributed by atoms with E-state index in [1.54, 1.807) is 34.6 Å². The highest BCUT2D eigenvalue weighted by molar-refractivity contribution is 9.10. The molecule has 208 valence electrons. The standard InChI is InChI=1S/C27H27BrN6O5S/c1-3-19-14-33(40(37,38)25-10-17(28)7-8-24(25)39-19)13-16-5-4-6-18(9-16)34-26(22(12-29-34)27(35)36)21-11-20(21)23-15-32(2)31-30-23/h4-10,12,15,19-21H,3,11,13-14H2,1-2H3,(H,35,36)/t19-,20-,21-/m1/s1. The smallest absolute Gasteiger partial charge is 0.339 e. The van der Waals surface area contributed by atoms with Crippen molar-refractivity contribution in [3.05, 3.63) is 81.8 Å². The van der Waals surface area contributed by atoms with Crippen LogP contribution in [0.4, 0.5) is 0 Å². The molecule has 0 spiro atoms. The maximum atomic E-state index is 13.7. The molecule has 2 aliphatic rings. The van der Waals surface area contributed by atoms with Crippen LogP contribution in [-0.2, 0) is 23.6 Å². The molecule has 40 heavy (non-hydrogen) atoms. The summed E-state index contributed by atoms with van der Waals surface area (Å²) in [5.74, 6) is -0.723. The molecule has 0 saturated heterocycles. The molecular weight excluding hydrogens is 600 g/mol.